The number of hydrogen-bond acceptors (Lipinski definition) is 3. The summed E-state index contributed by atoms with van der Waals surface area (Å²) in [6.45, 7) is 0. The predicted octanol–water partition coefficient (Wildman–Crippen LogP) is 5.75. The van der Waals surface area contributed by atoms with Crippen molar-refractivity contribution in [2.45, 2.75) is 0 Å². The summed E-state index contributed by atoms with van der Waals surface area (Å²) >= 11 is 12.1. The van der Waals surface area contributed by atoms with Gasteiger partial charge in [0.15, 0.2) is 0 Å². The Balaban J connectivity index is 0.000000176. The number of carboxylic acid groups (broad SMARTS) is 1. The van der Waals surface area contributed by atoms with E-state index in [1.807, 2.05) is 36.7 Å². The number of carbonyl (C=O) groups excluding carboxylic acids is 1. The molecule has 0 radical (unpaired) electrons. The molecule has 0 aliphatic heterocycles. The maximum absolute atomic E-state index is 11.6. The Kier molecular flexibility index (Phi) is 7.18. The summed E-state index contributed by atoms with van der Waals surface area (Å²) < 4.78 is 8.19. The van der Waals surface area contributed by atoms with E-state index < -0.39 is 11.9 Å². The standard InChI is InChI=1S/C12H10ClNO2.C11H8ClNO2/c1-16-12(15)9-5-4-6-10(13)11(9)14-7-2-3-8-14;12-9-5-3-4-8(11(14)15)10(9)13-6-1-2-7-13/h2-8H,1H3;1-7H,(H,14,15). The van der Waals surface area contributed by atoms with Crippen molar-refractivity contribution in [2.24, 2.45) is 0 Å². The molecule has 4 rings (SSSR count). The van der Waals surface area contributed by atoms with Crippen LogP contribution in [0, 0.1) is 0 Å². The molecule has 31 heavy (non-hydrogen) atoms. The fraction of sp³-hybridized carbons (Fsp3) is 0.0435. The molecule has 0 unspecified atom stereocenters. The van der Waals surface area contributed by atoms with Crippen LogP contribution in [0.4, 0.5) is 0 Å². The van der Waals surface area contributed by atoms with Crippen LogP contribution < -0.4 is 0 Å². The van der Waals surface area contributed by atoms with Crippen molar-refractivity contribution in [3.8, 4) is 11.4 Å². The highest BCUT2D eigenvalue weighted by atomic mass is 35.5. The first-order valence-corrected chi connectivity index (χ1v) is 9.85. The van der Waals surface area contributed by atoms with E-state index >= 15 is 0 Å². The number of para-hydroxylation sites is 2. The summed E-state index contributed by atoms with van der Waals surface area (Å²) in [5.74, 6) is -1.38. The highest BCUT2D eigenvalue weighted by Gasteiger charge is 2.15. The van der Waals surface area contributed by atoms with Gasteiger partial charge in [0.2, 0.25) is 0 Å². The van der Waals surface area contributed by atoms with Crippen LogP contribution in [0.25, 0.3) is 11.4 Å². The lowest BCUT2D eigenvalue weighted by Gasteiger charge is -2.10. The van der Waals surface area contributed by atoms with Crippen LogP contribution in [-0.2, 0) is 4.74 Å². The Labute approximate surface area is 188 Å². The van der Waals surface area contributed by atoms with Gasteiger partial charge in [0.1, 0.15) is 0 Å². The Morgan fingerprint density at radius 3 is 1.58 bits per heavy atom. The Morgan fingerprint density at radius 1 is 0.742 bits per heavy atom. The highest BCUT2D eigenvalue weighted by molar-refractivity contribution is 6.33. The van der Waals surface area contributed by atoms with E-state index in [-0.39, 0.29) is 5.56 Å². The number of hydrogen-bond donors (Lipinski definition) is 1. The molecule has 8 heteroatoms. The second kappa shape index (κ2) is 10.0. The number of esters is 1. The van der Waals surface area contributed by atoms with Crippen LogP contribution in [0.1, 0.15) is 20.7 Å². The van der Waals surface area contributed by atoms with Crippen LogP contribution in [0.3, 0.4) is 0 Å². The minimum atomic E-state index is -0.985. The van der Waals surface area contributed by atoms with Crippen LogP contribution >= 0.6 is 23.2 Å². The lowest BCUT2D eigenvalue weighted by molar-refractivity contribution is 0.0599. The van der Waals surface area contributed by atoms with E-state index in [2.05, 4.69) is 0 Å². The number of benzene rings is 2. The van der Waals surface area contributed by atoms with Gasteiger partial charge in [0.05, 0.1) is 39.7 Å². The molecule has 6 nitrogen and oxygen atoms in total. The summed E-state index contributed by atoms with van der Waals surface area (Å²) in [4.78, 5) is 22.6. The molecular weight excluding hydrogens is 439 g/mol. The first kappa shape index (κ1) is 22.2. The summed E-state index contributed by atoms with van der Waals surface area (Å²) in [5.41, 5.74) is 1.78. The molecule has 0 fully saturated rings. The van der Waals surface area contributed by atoms with Gasteiger partial charge in [0.25, 0.3) is 0 Å². The van der Waals surface area contributed by atoms with Gasteiger partial charge in [-0.3, -0.25) is 0 Å². The third-order valence-corrected chi connectivity index (χ3v) is 4.94. The zero-order chi connectivity index (χ0) is 22.4. The molecule has 158 valence electrons. The third-order valence-electron chi connectivity index (χ3n) is 4.33. The smallest absolute Gasteiger partial charge is 0.340 e. The second-order valence-corrected chi connectivity index (χ2v) is 7.06. The van der Waals surface area contributed by atoms with Crippen LogP contribution in [0.15, 0.2) is 85.5 Å². The van der Waals surface area contributed by atoms with Crippen molar-refractivity contribution in [1.82, 2.24) is 9.13 Å². The number of aromatic carboxylic acids is 1. The number of methoxy groups -OCH3 is 1. The molecule has 0 aliphatic rings. The van der Waals surface area contributed by atoms with Gasteiger partial charge in [-0.05, 0) is 48.5 Å². The normalized spacial score (nSPS) is 10.2. The first-order valence-electron chi connectivity index (χ1n) is 9.09. The van der Waals surface area contributed by atoms with E-state index in [0.717, 1.165) is 0 Å². The van der Waals surface area contributed by atoms with Gasteiger partial charge in [0, 0.05) is 24.8 Å². The molecule has 2 aromatic carbocycles. The summed E-state index contributed by atoms with van der Waals surface area (Å²) in [7, 11) is 1.35. The molecule has 0 atom stereocenters. The topological polar surface area (TPSA) is 73.5 Å². The molecule has 0 amide bonds. The zero-order valence-electron chi connectivity index (χ0n) is 16.4. The maximum Gasteiger partial charge on any atom is 0.340 e. The van der Waals surface area contributed by atoms with E-state index in [0.29, 0.717) is 27.0 Å². The summed E-state index contributed by atoms with van der Waals surface area (Å²) in [5, 5.41) is 9.95. The van der Waals surface area contributed by atoms with Gasteiger partial charge >= 0.3 is 11.9 Å². The van der Waals surface area contributed by atoms with Crippen molar-refractivity contribution in [3.63, 3.8) is 0 Å². The zero-order valence-corrected chi connectivity index (χ0v) is 17.9. The summed E-state index contributed by atoms with van der Waals surface area (Å²) in [6, 6.07) is 17.3. The number of halogens is 2. The molecule has 2 heterocycles. The van der Waals surface area contributed by atoms with Crippen LogP contribution in [0.5, 0.6) is 0 Å². The third kappa shape index (κ3) is 4.99. The van der Waals surface area contributed by atoms with E-state index in [1.54, 1.807) is 51.9 Å². The van der Waals surface area contributed by atoms with Crippen LogP contribution in [-0.4, -0.2) is 33.3 Å². The monoisotopic (exact) mass is 456 g/mol. The van der Waals surface area contributed by atoms with Crippen molar-refractivity contribution < 1.29 is 19.4 Å². The lowest BCUT2D eigenvalue weighted by Crippen LogP contribution is -2.07. The van der Waals surface area contributed by atoms with Crippen LogP contribution in [0.2, 0.25) is 10.0 Å². The molecule has 2 aromatic heterocycles. The van der Waals surface area contributed by atoms with Gasteiger partial charge in [-0.15, -0.1) is 0 Å². The average molecular weight is 457 g/mol. The number of aromatic nitrogens is 2. The fourth-order valence-corrected chi connectivity index (χ4v) is 3.51. The molecule has 4 aromatic rings. The average Bonchev–Trinajstić information content (AvgIpc) is 3.47. The second-order valence-electron chi connectivity index (χ2n) is 6.25. The SMILES string of the molecule is COC(=O)c1cccc(Cl)c1-n1cccc1.O=C(O)c1cccc(Cl)c1-n1cccc1. The molecule has 0 saturated heterocycles. The largest absolute Gasteiger partial charge is 0.478 e. The molecule has 0 bridgehead atoms. The minimum Gasteiger partial charge on any atom is -0.478 e. The van der Waals surface area contributed by atoms with Gasteiger partial charge in [-0.2, -0.15) is 0 Å². The van der Waals surface area contributed by atoms with E-state index in [9.17, 15) is 9.59 Å². The molecule has 0 saturated carbocycles. The van der Waals surface area contributed by atoms with Crippen molar-refractivity contribution in [3.05, 3.63) is 107 Å². The van der Waals surface area contributed by atoms with Gasteiger partial charge in [-0.1, -0.05) is 35.3 Å². The lowest BCUT2D eigenvalue weighted by atomic mass is 10.2. The number of ether oxygens (including phenoxy) is 1. The number of carbonyl (C=O) groups is 2. The highest BCUT2D eigenvalue weighted by Crippen LogP contribution is 2.26. The Bertz CT molecular complexity index is 1190. The molecule has 0 aliphatic carbocycles. The predicted molar refractivity (Wildman–Crippen MR) is 120 cm³/mol. The summed E-state index contributed by atoms with van der Waals surface area (Å²) in [6.07, 6.45) is 7.17. The van der Waals surface area contributed by atoms with Crippen molar-refractivity contribution >= 4 is 35.1 Å². The first-order chi connectivity index (χ1) is 14.9. The molecule has 1 N–H and O–H groups in total. The maximum atomic E-state index is 11.6. The Hall–Kier alpha value is -3.48. The quantitative estimate of drug-likeness (QED) is 0.397. The molecular formula is C23H18Cl2N2O4. The van der Waals surface area contributed by atoms with E-state index in [4.69, 9.17) is 33.0 Å². The van der Waals surface area contributed by atoms with Gasteiger partial charge in [-0.25, -0.2) is 9.59 Å². The van der Waals surface area contributed by atoms with Crippen molar-refractivity contribution in [2.75, 3.05) is 7.11 Å². The fourth-order valence-electron chi connectivity index (χ4n) is 2.97. The van der Waals surface area contributed by atoms with Gasteiger partial charge < -0.3 is 19.0 Å². The van der Waals surface area contributed by atoms with E-state index in [1.165, 1.54) is 13.2 Å². The molecule has 0 spiro atoms. The van der Waals surface area contributed by atoms with Crippen molar-refractivity contribution in [1.29, 1.82) is 0 Å². The minimum absolute atomic E-state index is 0.193. The number of carboxylic acids is 1. The number of nitrogens with zero attached hydrogens (tertiary/aromatic N) is 2. The Morgan fingerprint density at radius 2 is 1.16 bits per heavy atom. The number of rotatable bonds is 4.